The number of hydrogen-bond acceptors (Lipinski definition) is 3. The molecule has 0 aromatic heterocycles. The van der Waals surface area contributed by atoms with Crippen LogP contribution < -0.4 is 14.8 Å². The molecule has 0 fully saturated rings. The van der Waals surface area contributed by atoms with E-state index in [-0.39, 0.29) is 0 Å². The van der Waals surface area contributed by atoms with Crippen LogP contribution in [0.25, 0.3) is 0 Å². The predicted molar refractivity (Wildman–Crippen MR) is 89.5 cm³/mol. The Morgan fingerprint density at radius 3 is 2.67 bits per heavy atom. The van der Waals surface area contributed by atoms with Crippen LogP contribution in [0.3, 0.4) is 0 Å². The fourth-order valence-electron chi connectivity index (χ4n) is 1.84. The Hall–Kier alpha value is -1.19. The Kier molecular flexibility index (Phi) is 7.62. The summed E-state index contributed by atoms with van der Waals surface area (Å²) < 4.78 is 11.3. The normalized spacial score (nSPS) is 10.8. The van der Waals surface area contributed by atoms with Crippen LogP contribution in [0.1, 0.15) is 32.8 Å². The molecule has 0 heterocycles. The van der Waals surface area contributed by atoms with Gasteiger partial charge in [-0.05, 0) is 30.5 Å². The second-order valence-electron chi connectivity index (χ2n) is 5.51. The highest BCUT2D eigenvalue weighted by atomic mass is 35.5. The van der Waals surface area contributed by atoms with Crippen molar-refractivity contribution in [1.29, 1.82) is 0 Å². The van der Waals surface area contributed by atoms with Crippen LogP contribution in [0, 0.1) is 5.92 Å². The van der Waals surface area contributed by atoms with Crippen molar-refractivity contribution in [3.8, 4) is 11.5 Å². The van der Waals surface area contributed by atoms with Crippen LogP contribution in [-0.4, -0.2) is 20.3 Å². The minimum atomic E-state index is 0.492. The van der Waals surface area contributed by atoms with Gasteiger partial charge in [-0.2, -0.15) is 0 Å². The van der Waals surface area contributed by atoms with Crippen molar-refractivity contribution in [2.75, 3.05) is 20.3 Å². The summed E-state index contributed by atoms with van der Waals surface area (Å²) in [6.45, 7) is 12.5. The fraction of sp³-hybridized carbons (Fsp3) is 0.529. The number of ether oxygens (including phenoxy) is 2. The maximum Gasteiger partial charge on any atom is 0.166 e. The lowest BCUT2D eigenvalue weighted by Gasteiger charge is -2.17. The quantitative estimate of drug-likeness (QED) is 0.684. The summed E-state index contributed by atoms with van der Waals surface area (Å²) in [5, 5.41) is 4.05. The van der Waals surface area contributed by atoms with Gasteiger partial charge in [0, 0.05) is 23.2 Å². The average Bonchev–Trinajstić information content (AvgIpc) is 2.44. The average molecular weight is 312 g/mol. The molecule has 1 aromatic rings. The SMILES string of the molecule is C=C(CC)COc1c(CNCC(C)C)cc(Cl)cc1OC. The zero-order chi connectivity index (χ0) is 15.8. The Labute approximate surface area is 133 Å². The molecule has 0 aliphatic heterocycles. The van der Waals surface area contributed by atoms with Gasteiger partial charge in [0.25, 0.3) is 0 Å². The standard InChI is InChI=1S/C17H26ClNO2/c1-6-13(4)11-21-17-14(10-19-9-12(2)3)7-15(18)8-16(17)20-5/h7-8,12,19H,4,6,9-11H2,1-3,5H3. The molecule has 3 nitrogen and oxygen atoms in total. The Balaban J connectivity index is 2.91. The van der Waals surface area contributed by atoms with Crippen LogP contribution in [-0.2, 0) is 6.54 Å². The fourth-order valence-corrected chi connectivity index (χ4v) is 2.07. The number of methoxy groups -OCH3 is 1. The van der Waals surface area contributed by atoms with Gasteiger partial charge in [-0.25, -0.2) is 0 Å². The molecule has 1 rings (SSSR count). The van der Waals surface area contributed by atoms with Crippen molar-refractivity contribution in [3.63, 3.8) is 0 Å². The maximum absolute atomic E-state index is 6.15. The summed E-state index contributed by atoms with van der Waals surface area (Å²) in [5.74, 6) is 2.00. The van der Waals surface area contributed by atoms with E-state index in [9.17, 15) is 0 Å². The van der Waals surface area contributed by atoms with Gasteiger partial charge in [0.1, 0.15) is 6.61 Å². The number of rotatable bonds is 9. The molecule has 1 aromatic carbocycles. The second kappa shape index (κ2) is 8.96. The summed E-state index contributed by atoms with van der Waals surface area (Å²) >= 11 is 6.15. The van der Waals surface area contributed by atoms with Gasteiger partial charge in [0.15, 0.2) is 11.5 Å². The first-order chi connectivity index (χ1) is 9.97. The van der Waals surface area contributed by atoms with Gasteiger partial charge in [0.05, 0.1) is 7.11 Å². The lowest BCUT2D eigenvalue weighted by molar-refractivity contribution is 0.313. The maximum atomic E-state index is 6.15. The lowest BCUT2D eigenvalue weighted by Crippen LogP contribution is -2.19. The van der Waals surface area contributed by atoms with Gasteiger partial charge >= 0.3 is 0 Å². The smallest absolute Gasteiger partial charge is 0.166 e. The van der Waals surface area contributed by atoms with Crippen LogP contribution in [0.15, 0.2) is 24.3 Å². The number of nitrogens with one attached hydrogen (secondary N) is 1. The van der Waals surface area contributed by atoms with Crippen molar-refractivity contribution in [1.82, 2.24) is 5.32 Å². The monoisotopic (exact) mass is 311 g/mol. The molecule has 0 unspecified atom stereocenters. The first-order valence-electron chi connectivity index (χ1n) is 7.34. The summed E-state index contributed by atoms with van der Waals surface area (Å²) in [6.07, 6.45) is 0.900. The van der Waals surface area contributed by atoms with E-state index in [4.69, 9.17) is 21.1 Å². The minimum absolute atomic E-state index is 0.492. The first-order valence-corrected chi connectivity index (χ1v) is 7.72. The van der Waals surface area contributed by atoms with E-state index >= 15 is 0 Å². The molecule has 0 radical (unpaired) electrons. The Morgan fingerprint density at radius 2 is 2.10 bits per heavy atom. The van der Waals surface area contributed by atoms with Gasteiger partial charge < -0.3 is 14.8 Å². The molecule has 0 aliphatic rings. The molecule has 4 heteroatoms. The molecule has 118 valence electrons. The van der Waals surface area contributed by atoms with E-state index in [1.54, 1.807) is 13.2 Å². The lowest BCUT2D eigenvalue weighted by atomic mass is 10.1. The molecule has 0 saturated carbocycles. The van der Waals surface area contributed by atoms with E-state index in [2.05, 4.69) is 32.7 Å². The van der Waals surface area contributed by atoms with Crippen molar-refractivity contribution in [2.45, 2.75) is 33.7 Å². The summed E-state index contributed by atoms with van der Waals surface area (Å²) in [7, 11) is 1.62. The van der Waals surface area contributed by atoms with Crippen LogP contribution in [0.5, 0.6) is 11.5 Å². The van der Waals surface area contributed by atoms with Gasteiger partial charge in [-0.15, -0.1) is 0 Å². The topological polar surface area (TPSA) is 30.5 Å². The Bertz CT molecular complexity index is 472. The molecule has 0 aliphatic carbocycles. The molecular weight excluding hydrogens is 286 g/mol. The molecule has 0 saturated heterocycles. The van der Waals surface area contributed by atoms with E-state index in [0.717, 1.165) is 29.9 Å². The third-order valence-electron chi connectivity index (χ3n) is 3.11. The van der Waals surface area contributed by atoms with Gasteiger partial charge in [-0.1, -0.05) is 39.0 Å². The molecule has 21 heavy (non-hydrogen) atoms. The van der Waals surface area contributed by atoms with E-state index in [1.165, 1.54) is 0 Å². The van der Waals surface area contributed by atoms with Gasteiger partial charge in [0.2, 0.25) is 0 Å². The summed E-state index contributed by atoms with van der Waals surface area (Å²) in [5.41, 5.74) is 2.05. The van der Waals surface area contributed by atoms with Crippen molar-refractivity contribution in [2.24, 2.45) is 5.92 Å². The number of halogens is 1. The highest BCUT2D eigenvalue weighted by Crippen LogP contribution is 2.35. The molecule has 1 N–H and O–H groups in total. The highest BCUT2D eigenvalue weighted by molar-refractivity contribution is 6.30. The second-order valence-corrected chi connectivity index (χ2v) is 5.95. The molecule has 0 atom stereocenters. The summed E-state index contributed by atoms with van der Waals surface area (Å²) in [6, 6.07) is 3.69. The van der Waals surface area contributed by atoms with Crippen LogP contribution >= 0.6 is 11.6 Å². The molecule has 0 amide bonds. The summed E-state index contributed by atoms with van der Waals surface area (Å²) in [4.78, 5) is 0. The third kappa shape index (κ3) is 5.98. The molecule has 0 spiro atoms. The number of hydrogen-bond donors (Lipinski definition) is 1. The minimum Gasteiger partial charge on any atom is -0.493 e. The van der Waals surface area contributed by atoms with E-state index < -0.39 is 0 Å². The van der Waals surface area contributed by atoms with Gasteiger partial charge in [-0.3, -0.25) is 0 Å². The largest absolute Gasteiger partial charge is 0.493 e. The van der Waals surface area contributed by atoms with Crippen LogP contribution in [0.2, 0.25) is 5.02 Å². The zero-order valence-electron chi connectivity index (χ0n) is 13.5. The number of benzene rings is 1. The molecule has 0 bridgehead atoms. The first kappa shape index (κ1) is 17.9. The van der Waals surface area contributed by atoms with E-state index in [1.807, 2.05) is 6.07 Å². The molecular formula is C17H26ClNO2. The van der Waals surface area contributed by atoms with Crippen molar-refractivity contribution >= 4 is 11.6 Å². The van der Waals surface area contributed by atoms with E-state index in [0.29, 0.717) is 29.8 Å². The Morgan fingerprint density at radius 1 is 1.38 bits per heavy atom. The predicted octanol–water partition coefficient (Wildman–Crippen LogP) is 4.44. The zero-order valence-corrected chi connectivity index (χ0v) is 14.2. The van der Waals surface area contributed by atoms with Crippen LogP contribution in [0.4, 0.5) is 0 Å². The third-order valence-corrected chi connectivity index (χ3v) is 3.32. The highest BCUT2D eigenvalue weighted by Gasteiger charge is 2.13. The van der Waals surface area contributed by atoms with Crippen molar-refractivity contribution in [3.05, 3.63) is 34.9 Å². The van der Waals surface area contributed by atoms with Crippen molar-refractivity contribution < 1.29 is 9.47 Å².